The van der Waals surface area contributed by atoms with E-state index < -0.39 is 33.6 Å². The summed E-state index contributed by atoms with van der Waals surface area (Å²) in [6.07, 6.45) is -0.402. The van der Waals surface area contributed by atoms with Crippen molar-refractivity contribution in [3.8, 4) is 0 Å². The van der Waals surface area contributed by atoms with Crippen LogP contribution in [0.25, 0.3) is 10.8 Å². The van der Waals surface area contributed by atoms with E-state index in [-0.39, 0.29) is 29.7 Å². The number of aliphatic carboxylic acids is 1. The van der Waals surface area contributed by atoms with E-state index in [4.69, 9.17) is 10.8 Å². The number of amides is 2. The average Bonchev–Trinajstić information content (AvgIpc) is 2.81. The maximum Gasteiger partial charge on any atom is 0.303 e. The molecule has 2 atom stereocenters. The molecule has 0 saturated heterocycles. The van der Waals surface area contributed by atoms with Crippen molar-refractivity contribution in [2.45, 2.75) is 30.2 Å². The lowest BCUT2D eigenvalue weighted by Gasteiger charge is -2.12. The van der Waals surface area contributed by atoms with Gasteiger partial charge in [-0.1, -0.05) is 48.5 Å². The number of hydrogen-bond acceptors (Lipinski definition) is 5. The Bertz CT molecular complexity index is 1330. The summed E-state index contributed by atoms with van der Waals surface area (Å²) in [5, 5.41) is 13.9. The Balaban J connectivity index is 1.78. The van der Waals surface area contributed by atoms with Gasteiger partial charge in [0.2, 0.25) is 5.91 Å². The van der Waals surface area contributed by atoms with Gasteiger partial charge >= 0.3 is 5.97 Å². The highest BCUT2D eigenvalue weighted by molar-refractivity contribution is 7.96. The van der Waals surface area contributed by atoms with Crippen molar-refractivity contribution in [2.24, 2.45) is 5.73 Å². The highest BCUT2D eigenvalue weighted by Gasteiger charge is 2.20. The van der Waals surface area contributed by atoms with Gasteiger partial charge in [0.05, 0.1) is 10.9 Å². The van der Waals surface area contributed by atoms with Crippen LogP contribution in [0.5, 0.6) is 0 Å². The van der Waals surface area contributed by atoms with E-state index in [9.17, 15) is 23.1 Å². The van der Waals surface area contributed by atoms with E-state index >= 15 is 0 Å². The Hall–Kier alpha value is -3.53. The average molecular weight is 469 g/mol. The first-order chi connectivity index (χ1) is 15.7. The molecule has 0 bridgehead atoms. The molecule has 0 radical (unpaired) electrons. The molecule has 9 heteroatoms. The number of rotatable bonds is 8. The van der Waals surface area contributed by atoms with Gasteiger partial charge in [0.25, 0.3) is 5.91 Å². The summed E-state index contributed by atoms with van der Waals surface area (Å²) in [7, 11) is -3.49. The third-order valence-electron chi connectivity index (χ3n) is 5.09. The number of nitrogens with two attached hydrogens (primary N) is 1. The molecule has 0 saturated carbocycles. The summed E-state index contributed by atoms with van der Waals surface area (Å²) in [4.78, 5) is 35.6. The Kier molecular flexibility index (Phi) is 7.59. The first-order valence-corrected chi connectivity index (χ1v) is 11.7. The minimum atomic E-state index is -3.49. The zero-order valence-electron chi connectivity index (χ0n) is 17.6. The molecule has 2 amide bonds. The van der Waals surface area contributed by atoms with E-state index in [1.807, 2.05) is 24.3 Å². The summed E-state index contributed by atoms with van der Waals surface area (Å²) < 4.78 is 23.6. The number of imide groups is 1. The molecule has 33 heavy (non-hydrogen) atoms. The van der Waals surface area contributed by atoms with Crippen LogP contribution in [0, 0.1) is 0 Å². The van der Waals surface area contributed by atoms with E-state index in [0.29, 0.717) is 5.56 Å². The van der Waals surface area contributed by atoms with Crippen LogP contribution in [0.2, 0.25) is 0 Å². The standard InChI is InChI=1S/C24H24N2O6S/c25-21(11-12-22(27)28)24(30)26-23(29)20-8-4-3-6-17(20)13-14-33(31,32)19-10-9-16-5-1-2-7-18(16)15-19/h1-10,14-15,21H,11-13,25H2,(H,27,28)(H,31,32)(H,26,29,30)/t21-/m0/s1. The molecule has 0 aliphatic rings. The maximum absolute atomic E-state index is 13.0. The number of benzene rings is 3. The Morgan fingerprint density at radius 3 is 2.39 bits per heavy atom. The van der Waals surface area contributed by atoms with Crippen molar-refractivity contribution in [2.75, 3.05) is 0 Å². The monoisotopic (exact) mass is 468 g/mol. The fourth-order valence-corrected chi connectivity index (χ4v) is 4.41. The second kappa shape index (κ2) is 10.4. The Morgan fingerprint density at radius 1 is 1.00 bits per heavy atom. The van der Waals surface area contributed by atoms with E-state index in [1.54, 1.807) is 36.4 Å². The van der Waals surface area contributed by atoms with Gasteiger partial charge in [-0.25, -0.2) is 4.21 Å². The SMILES string of the molecule is N[C@@H](CCC(=O)O)C(=O)NC(=O)c1ccccc1CC=S(=O)(O)c1ccc2ccccc2c1. The zero-order chi connectivity index (χ0) is 24.0. The molecule has 0 aromatic heterocycles. The minimum absolute atomic E-state index is 0.00497. The van der Waals surface area contributed by atoms with E-state index in [1.165, 1.54) is 11.4 Å². The third-order valence-corrected chi connectivity index (χ3v) is 6.64. The molecule has 0 aliphatic heterocycles. The predicted octanol–water partition coefficient (Wildman–Crippen LogP) is 2.45. The topological polar surface area (TPSA) is 147 Å². The van der Waals surface area contributed by atoms with Crippen LogP contribution >= 0.6 is 0 Å². The van der Waals surface area contributed by atoms with Crippen LogP contribution in [0.15, 0.2) is 71.6 Å². The lowest BCUT2D eigenvalue weighted by Crippen LogP contribution is -2.43. The number of carbonyl (C=O) groups excluding carboxylic acids is 2. The van der Waals surface area contributed by atoms with Crippen LogP contribution in [0.3, 0.4) is 0 Å². The first-order valence-electron chi connectivity index (χ1n) is 10.2. The molecule has 1 unspecified atom stereocenters. The van der Waals surface area contributed by atoms with Gasteiger partial charge in [-0.3, -0.25) is 19.7 Å². The van der Waals surface area contributed by atoms with Crippen molar-refractivity contribution in [3.63, 3.8) is 0 Å². The lowest BCUT2D eigenvalue weighted by atomic mass is 10.0. The van der Waals surface area contributed by atoms with Gasteiger partial charge in [0.1, 0.15) is 9.80 Å². The van der Waals surface area contributed by atoms with Crippen LogP contribution in [-0.2, 0) is 25.8 Å². The molecule has 0 heterocycles. The summed E-state index contributed by atoms with van der Waals surface area (Å²) in [6, 6.07) is 17.8. The summed E-state index contributed by atoms with van der Waals surface area (Å²) in [5.74, 6) is -2.60. The van der Waals surface area contributed by atoms with Gasteiger partial charge < -0.3 is 15.4 Å². The quantitative estimate of drug-likeness (QED) is 0.371. The molecular weight excluding hydrogens is 444 g/mol. The summed E-state index contributed by atoms with van der Waals surface area (Å²) in [6.45, 7) is 0. The molecule has 172 valence electrons. The molecule has 0 fully saturated rings. The fraction of sp³-hybridized carbons (Fsp3) is 0.167. The van der Waals surface area contributed by atoms with Gasteiger partial charge in [0.15, 0.2) is 0 Å². The second-order valence-corrected chi connectivity index (χ2v) is 9.40. The third kappa shape index (κ3) is 6.26. The van der Waals surface area contributed by atoms with Gasteiger partial charge in [-0.05, 0) is 41.0 Å². The number of hydrogen-bond donors (Lipinski definition) is 4. The number of carboxylic acid groups (broad SMARTS) is 1. The van der Waals surface area contributed by atoms with Crippen LogP contribution in [0.4, 0.5) is 0 Å². The zero-order valence-corrected chi connectivity index (χ0v) is 18.5. The van der Waals surface area contributed by atoms with Crippen molar-refractivity contribution < 1.29 is 28.3 Å². The molecular formula is C24H24N2O6S. The van der Waals surface area contributed by atoms with Crippen LogP contribution < -0.4 is 11.1 Å². The maximum atomic E-state index is 13.0. The van der Waals surface area contributed by atoms with Crippen molar-refractivity contribution in [1.29, 1.82) is 0 Å². The molecule has 0 aliphatic carbocycles. The second-order valence-electron chi connectivity index (χ2n) is 7.46. The molecule has 3 aromatic rings. The highest BCUT2D eigenvalue weighted by atomic mass is 32.2. The predicted molar refractivity (Wildman–Crippen MR) is 127 cm³/mol. The summed E-state index contributed by atoms with van der Waals surface area (Å²) in [5.41, 5.74) is 6.25. The molecule has 8 nitrogen and oxygen atoms in total. The van der Waals surface area contributed by atoms with Gasteiger partial charge in [-0.15, -0.1) is 0 Å². The van der Waals surface area contributed by atoms with E-state index in [0.717, 1.165) is 10.8 Å². The fourth-order valence-electron chi connectivity index (χ4n) is 3.25. The van der Waals surface area contributed by atoms with Gasteiger partial charge in [-0.2, -0.15) is 0 Å². The van der Waals surface area contributed by atoms with E-state index in [2.05, 4.69) is 5.32 Å². The normalized spacial score (nSPS) is 13.6. The Labute approximate surface area is 191 Å². The number of carboxylic acids is 1. The van der Waals surface area contributed by atoms with Crippen molar-refractivity contribution in [1.82, 2.24) is 5.32 Å². The van der Waals surface area contributed by atoms with Crippen molar-refractivity contribution in [3.05, 3.63) is 77.9 Å². The number of fused-ring (bicyclic) bond motifs is 1. The summed E-state index contributed by atoms with van der Waals surface area (Å²) >= 11 is 0. The highest BCUT2D eigenvalue weighted by Crippen LogP contribution is 2.19. The van der Waals surface area contributed by atoms with Crippen LogP contribution in [0.1, 0.15) is 28.8 Å². The first kappa shape index (κ1) is 24.1. The lowest BCUT2D eigenvalue weighted by molar-refractivity contribution is -0.137. The largest absolute Gasteiger partial charge is 0.481 e. The smallest absolute Gasteiger partial charge is 0.303 e. The molecule has 3 rings (SSSR count). The molecule has 3 aromatic carbocycles. The minimum Gasteiger partial charge on any atom is -0.481 e. The van der Waals surface area contributed by atoms with Gasteiger partial charge in [0, 0.05) is 23.8 Å². The molecule has 0 spiro atoms. The van der Waals surface area contributed by atoms with Crippen LogP contribution in [-0.4, -0.2) is 43.1 Å². The Morgan fingerprint density at radius 2 is 1.67 bits per heavy atom. The number of nitrogens with one attached hydrogen (secondary N) is 1. The van der Waals surface area contributed by atoms with Crippen molar-refractivity contribution >= 4 is 43.7 Å². The molecule has 5 N–H and O–H groups in total. The number of carbonyl (C=O) groups is 3.